The second-order valence-electron chi connectivity index (χ2n) is 8.02. The molecule has 2 aliphatic heterocycles. The first-order chi connectivity index (χ1) is 11.7. The Labute approximate surface area is 145 Å². The number of rotatable bonds is 3. The molecule has 1 saturated carbocycles. The van der Waals surface area contributed by atoms with Crippen molar-refractivity contribution in [1.82, 2.24) is 19.7 Å². The Morgan fingerprint density at radius 1 is 1.04 bits per heavy atom. The molecule has 3 heterocycles. The van der Waals surface area contributed by atoms with E-state index >= 15 is 0 Å². The third-order valence-corrected chi connectivity index (χ3v) is 6.35. The van der Waals surface area contributed by atoms with E-state index in [1.165, 1.54) is 18.5 Å². The lowest BCUT2D eigenvalue weighted by Gasteiger charge is -2.44. The van der Waals surface area contributed by atoms with Crippen molar-refractivity contribution in [3.63, 3.8) is 0 Å². The van der Waals surface area contributed by atoms with E-state index in [-0.39, 0.29) is 6.10 Å². The van der Waals surface area contributed by atoms with Gasteiger partial charge >= 0.3 is 0 Å². The highest BCUT2D eigenvalue weighted by Gasteiger charge is 2.43. The van der Waals surface area contributed by atoms with Gasteiger partial charge in [0.15, 0.2) is 0 Å². The maximum Gasteiger partial charge on any atom is 0.0698 e. The summed E-state index contributed by atoms with van der Waals surface area (Å²) in [6, 6.07) is 4.61. The summed E-state index contributed by atoms with van der Waals surface area (Å²) in [5, 5.41) is 10.7. The van der Waals surface area contributed by atoms with E-state index in [0.29, 0.717) is 12.0 Å². The smallest absolute Gasteiger partial charge is 0.0698 e. The number of aliphatic hydroxyl groups excluding tert-OH is 1. The minimum atomic E-state index is -0.143. The average molecular weight is 330 g/mol. The lowest BCUT2D eigenvalue weighted by molar-refractivity contribution is -0.0249. The monoisotopic (exact) mass is 330 g/mol. The number of hydrogen-bond acceptors (Lipinski definition) is 5. The number of fused-ring (bicyclic) bond motifs is 1. The summed E-state index contributed by atoms with van der Waals surface area (Å²) in [5.41, 5.74) is 1.35. The van der Waals surface area contributed by atoms with Gasteiger partial charge in [-0.1, -0.05) is 0 Å². The van der Waals surface area contributed by atoms with Crippen molar-refractivity contribution >= 4 is 0 Å². The summed E-state index contributed by atoms with van der Waals surface area (Å²) in [4.78, 5) is 11.6. The molecule has 1 aromatic heterocycles. The summed E-state index contributed by atoms with van der Waals surface area (Å²) >= 11 is 0. The molecule has 1 N–H and O–H groups in total. The largest absolute Gasteiger partial charge is 0.391 e. The van der Waals surface area contributed by atoms with Crippen LogP contribution in [0.5, 0.6) is 0 Å². The number of piperazine rings is 1. The van der Waals surface area contributed by atoms with Crippen LogP contribution in [0, 0.1) is 11.8 Å². The Kier molecular flexibility index (Phi) is 4.86. The molecule has 132 valence electrons. The molecule has 0 radical (unpaired) electrons. The predicted molar refractivity (Wildman–Crippen MR) is 94.6 cm³/mol. The number of aliphatic hydroxyl groups is 1. The van der Waals surface area contributed by atoms with Crippen LogP contribution in [-0.2, 0) is 6.54 Å². The van der Waals surface area contributed by atoms with Gasteiger partial charge in [0.2, 0.25) is 0 Å². The van der Waals surface area contributed by atoms with Crippen LogP contribution in [0.3, 0.4) is 0 Å². The summed E-state index contributed by atoms with van der Waals surface area (Å²) in [6.45, 7) is 7.82. The van der Waals surface area contributed by atoms with E-state index in [1.54, 1.807) is 0 Å². The fourth-order valence-corrected chi connectivity index (χ4v) is 4.93. The van der Waals surface area contributed by atoms with Gasteiger partial charge in [-0.05, 0) is 49.4 Å². The first-order valence-electron chi connectivity index (χ1n) is 9.41. The second kappa shape index (κ2) is 7.08. The summed E-state index contributed by atoms with van der Waals surface area (Å²) in [6.07, 6.45) is 5.77. The Hall–Kier alpha value is -1.01. The van der Waals surface area contributed by atoms with Crippen LogP contribution in [0.4, 0.5) is 0 Å². The van der Waals surface area contributed by atoms with Gasteiger partial charge < -0.3 is 10.0 Å². The zero-order chi connectivity index (χ0) is 16.5. The standard InChI is InChI=1S/C19H30N4O/c1-21-6-8-23(9-7-21)18-10-16-13-22(14-17(16)11-19(18)24)12-15-2-4-20-5-3-15/h2-5,16-19,24H,6-14H2,1H3/t16-,17+,18-,19-/m1/s1. The molecule has 24 heavy (non-hydrogen) atoms. The summed E-state index contributed by atoms with van der Waals surface area (Å²) < 4.78 is 0. The first-order valence-corrected chi connectivity index (χ1v) is 9.41. The second-order valence-corrected chi connectivity index (χ2v) is 8.02. The third kappa shape index (κ3) is 3.49. The molecule has 1 aromatic rings. The minimum Gasteiger partial charge on any atom is -0.391 e. The van der Waals surface area contributed by atoms with Crippen LogP contribution >= 0.6 is 0 Å². The molecule has 4 rings (SSSR count). The first kappa shape index (κ1) is 16.5. The molecule has 2 saturated heterocycles. The molecule has 0 amide bonds. The maximum atomic E-state index is 10.7. The molecule has 0 unspecified atom stereocenters. The van der Waals surface area contributed by atoms with Crippen molar-refractivity contribution in [2.75, 3.05) is 46.3 Å². The molecule has 5 nitrogen and oxygen atoms in total. The third-order valence-electron chi connectivity index (χ3n) is 6.35. The lowest BCUT2D eigenvalue weighted by Crippen LogP contribution is -2.55. The Balaban J connectivity index is 1.36. The highest BCUT2D eigenvalue weighted by molar-refractivity contribution is 5.10. The van der Waals surface area contributed by atoms with Gasteiger partial charge in [0, 0.05) is 64.2 Å². The quantitative estimate of drug-likeness (QED) is 0.892. The molecule has 0 bridgehead atoms. The zero-order valence-electron chi connectivity index (χ0n) is 14.7. The maximum absolute atomic E-state index is 10.7. The molecule has 3 fully saturated rings. The van der Waals surface area contributed by atoms with Crippen molar-refractivity contribution in [1.29, 1.82) is 0 Å². The Morgan fingerprint density at radius 2 is 1.71 bits per heavy atom. The van der Waals surface area contributed by atoms with Crippen LogP contribution in [0.2, 0.25) is 0 Å². The van der Waals surface area contributed by atoms with Crippen molar-refractivity contribution in [2.45, 2.75) is 31.5 Å². The number of likely N-dealkylation sites (tertiary alicyclic amines) is 1. The molecule has 3 aliphatic rings. The fourth-order valence-electron chi connectivity index (χ4n) is 4.93. The fraction of sp³-hybridized carbons (Fsp3) is 0.737. The number of aromatic nitrogens is 1. The average Bonchev–Trinajstić information content (AvgIpc) is 2.97. The Bertz CT molecular complexity index is 531. The van der Waals surface area contributed by atoms with Crippen LogP contribution in [0.25, 0.3) is 0 Å². The highest BCUT2D eigenvalue weighted by atomic mass is 16.3. The minimum absolute atomic E-state index is 0.143. The molecule has 4 atom stereocenters. The van der Waals surface area contributed by atoms with Crippen molar-refractivity contribution < 1.29 is 5.11 Å². The SMILES string of the molecule is CN1CCN([C@@H]2C[C@@H]3CN(Cc4ccncc4)C[C@@H]3C[C@H]2O)CC1. The van der Waals surface area contributed by atoms with Crippen molar-refractivity contribution in [3.8, 4) is 0 Å². The van der Waals surface area contributed by atoms with Crippen molar-refractivity contribution in [2.24, 2.45) is 11.8 Å². The highest BCUT2D eigenvalue weighted by Crippen LogP contribution is 2.38. The molecule has 0 spiro atoms. The van der Waals surface area contributed by atoms with Gasteiger partial charge in [-0.25, -0.2) is 0 Å². The molecule has 1 aliphatic carbocycles. The van der Waals surface area contributed by atoms with Crippen LogP contribution < -0.4 is 0 Å². The van der Waals surface area contributed by atoms with E-state index in [1.807, 2.05) is 12.4 Å². The van der Waals surface area contributed by atoms with Gasteiger partial charge in [-0.3, -0.25) is 14.8 Å². The van der Waals surface area contributed by atoms with Crippen LogP contribution in [0.1, 0.15) is 18.4 Å². The van der Waals surface area contributed by atoms with Gasteiger partial charge in [0.05, 0.1) is 6.10 Å². The van der Waals surface area contributed by atoms with Crippen LogP contribution in [0.15, 0.2) is 24.5 Å². The predicted octanol–water partition coefficient (Wildman–Crippen LogP) is 0.900. The number of nitrogens with zero attached hydrogens (tertiary/aromatic N) is 4. The number of pyridine rings is 1. The van der Waals surface area contributed by atoms with E-state index in [9.17, 15) is 5.11 Å². The number of hydrogen-bond donors (Lipinski definition) is 1. The van der Waals surface area contributed by atoms with Gasteiger partial charge in [-0.15, -0.1) is 0 Å². The zero-order valence-corrected chi connectivity index (χ0v) is 14.7. The number of likely N-dealkylation sites (N-methyl/N-ethyl adjacent to an activating group) is 1. The molecular weight excluding hydrogens is 300 g/mol. The topological polar surface area (TPSA) is 42.8 Å². The van der Waals surface area contributed by atoms with Crippen LogP contribution in [-0.4, -0.2) is 83.3 Å². The summed E-state index contributed by atoms with van der Waals surface area (Å²) in [7, 11) is 2.19. The van der Waals surface area contributed by atoms with E-state index < -0.39 is 0 Å². The van der Waals surface area contributed by atoms with E-state index in [4.69, 9.17) is 0 Å². The van der Waals surface area contributed by atoms with Gasteiger partial charge in [0.25, 0.3) is 0 Å². The molecular formula is C19H30N4O. The summed E-state index contributed by atoms with van der Waals surface area (Å²) in [5.74, 6) is 1.42. The van der Waals surface area contributed by atoms with E-state index in [0.717, 1.165) is 51.6 Å². The normalized spacial score (nSPS) is 35.9. The van der Waals surface area contributed by atoms with Gasteiger partial charge in [0.1, 0.15) is 0 Å². The molecule has 0 aromatic carbocycles. The molecule has 5 heteroatoms. The van der Waals surface area contributed by atoms with E-state index in [2.05, 4.69) is 38.9 Å². The Morgan fingerprint density at radius 3 is 2.42 bits per heavy atom. The van der Waals surface area contributed by atoms with Gasteiger partial charge in [-0.2, -0.15) is 0 Å². The lowest BCUT2D eigenvalue weighted by atomic mass is 9.77. The van der Waals surface area contributed by atoms with Crippen molar-refractivity contribution in [3.05, 3.63) is 30.1 Å².